The molecule has 1 saturated heterocycles. The lowest BCUT2D eigenvalue weighted by Gasteiger charge is -2.15. The predicted octanol–water partition coefficient (Wildman–Crippen LogP) is 3.00. The number of hydrogen-bond donors (Lipinski definition) is 1. The molecule has 4 heteroatoms. The highest BCUT2D eigenvalue weighted by molar-refractivity contribution is 7.19. The Morgan fingerprint density at radius 3 is 2.95 bits per heavy atom. The topological polar surface area (TPSA) is 32.3 Å². The van der Waals surface area contributed by atoms with Gasteiger partial charge in [-0.05, 0) is 36.3 Å². The maximum Gasteiger partial charge on any atom is 0.223 e. The van der Waals surface area contributed by atoms with Gasteiger partial charge in [0.25, 0.3) is 0 Å². The minimum Gasteiger partial charge on any atom is -0.339 e. The fraction of sp³-hybridized carbons (Fsp3) is 0.471. The van der Waals surface area contributed by atoms with E-state index in [9.17, 15) is 4.79 Å². The largest absolute Gasteiger partial charge is 0.339 e. The molecule has 1 N–H and O–H groups in total. The van der Waals surface area contributed by atoms with Gasteiger partial charge in [0.2, 0.25) is 5.91 Å². The molecule has 1 aromatic heterocycles. The maximum atomic E-state index is 11.9. The summed E-state index contributed by atoms with van der Waals surface area (Å²) in [7, 11) is 0. The number of benzene rings is 1. The van der Waals surface area contributed by atoms with E-state index in [4.69, 9.17) is 0 Å². The van der Waals surface area contributed by atoms with Crippen LogP contribution in [-0.2, 0) is 11.3 Å². The van der Waals surface area contributed by atoms with E-state index < -0.39 is 0 Å². The van der Waals surface area contributed by atoms with Crippen LogP contribution in [0.25, 0.3) is 10.1 Å². The van der Waals surface area contributed by atoms with Gasteiger partial charge in [-0.3, -0.25) is 4.79 Å². The van der Waals surface area contributed by atoms with Crippen molar-refractivity contribution in [3.05, 3.63) is 35.2 Å². The second-order valence-corrected chi connectivity index (χ2v) is 7.40. The van der Waals surface area contributed by atoms with Crippen molar-refractivity contribution in [1.29, 1.82) is 0 Å². The molecule has 2 fully saturated rings. The summed E-state index contributed by atoms with van der Waals surface area (Å²) in [6.45, 7) is 2.82. The average molecular weight is 300 g/mol. The van der Waals surface area contributed by atoms with Gasteiger partial charge in [0.05, 0.1) is 0 Å². The summed E-state index contributed by atoms with van der Waals surface area (Å²) in [5, 5.41) is 4.87. The Morgan fingerprint density at radius 2 is 2.14 bits per heavy atom. The van der Waals surface area contributed by atoms with Gasteiger partial charge in [-0.1, -0.05) is 18.2 Å². The first kappa shape index (κ1) is 13.3. The molecule has 1 aliphatic heterocycles. The van der Waals surface area contributed by atoms with Gasteiger partial charge < -0.3 is 10.2 Å². The smallest absolute Gasteiger partial charge is 0.223 e. The number of likely N-dealkylation sites (tertiary alicyclic amines) is 1. The SMILES string of the molecule is O=C1CC(CNCc2cc3ccccc3s2)CN1C1CC1. The molecule has 1 amide bonds. The second kappa shape index (κ2) is 5.43. The van der Waals surface area contributed by atoms with Crippen LogP contribution < -0.4 is 5.32 Å². The number of nitrogens with zero attached hydrogens (tertiary/aromatic N) is 1. The molecule has 110 valence electrons. The third kappa shape index (κ3) is 2.83. The summed E-state index contributed by atoms with van der Waals surface area (Å²) in [6, 6.07) is 11.4. The summed E-state index contributed by atoms with van der Waals surface area (Å²) < 4.78 is 1.35. The molecule has 2 heterocycles. The quantitative estimate of drug-likeness (QED) is 0.920. The van der Waals surface area contributed by atoms with Crippen LogP contribution in [0, 0.1) is 5.92 Å². The van der Waals surface area contributed by atoms with Crippen molar-refractivity contribution < 1.29 is 4.79 Å². The normalized spacial score (nSPS) is 22.4. The fourth-order valence-electron chi connectivity index (χ4n) is 3.21. The van der Waals surface area contributed by atoms with Gasteiger partial charge in [-0.2, -0.15) is 0 Å². The molecule has 1 atom stereocenters. The molecular formula is C17H20N2OS. The summed E-state index contributed by atoms with van der Waals surface area (Å²) in [4.78, 5) is 15.4. The number of fused-ring (bicyclic) bond motifs is 1. The van der Waals surface area contributed by atoms with Crippen LogP contribution >= 0.6 is 11.3 Å². The number of carbonyl (C=O) groups is 1. The lowest BCUT2D eigenvalue weighted by Crippen LogP contribution is -2.29. The summed E-state index contributed by atoms with van der Waals surface area (Å²) in [5.74, 6) is 0.860. The molecule has 21 heavy (non-hydrogen) atoms. The van der Waals surface area contributed by atoms with Crippen LogP contribution in [0.3, 0.4) is 0 Å². The number of carbonyl (C=O) groups excluding carboxylic acids is 1. The molecular weight excluding hydrogens is 280 g/mol. The van der Waals surface area contributed by atoms with Crippen LogP contribution in [0.4, 0.5) is 0 Å². The molecule has 1 unspecified atom stereocenters. The van der Waals surface area contributed by atoms with E-state index in [0.717, 1.165) is 26.1 Å². The first-order chi connectivity index (χ1) is 10.3. The minimum absolute atomic E-state index is 0.367. The molecule has 2 aliphatic rings. The van der Waals surface area contributed by atoms with Crippen LogP contribution in [0.15, 0.2) is 30.3 Å². The van der Waals surface area contributed by atoms with Gasteiger partial charge in [-0.25, -0.2) is 0 Å². The van der Waals surface area contributed by atoms with Crippen molar-refractivity contribution in [2.75, 3.05) is 13.1 Å². The summed E-state index contributed by atoms with van der Waals surface area (Å²) >= 11 is 1.86. The highest BCUT2D eigenvalue weighted by Crippen LogP contribution is 2.32. The third-order valence-electron chi connectivity index (χ3n) is 4.43. The molecule has 0 spiro atoms. The van der Waals surface area contributed by atoms with Crippen molar-refractivity contribution in [2.24, 2.45) is 5.92 Å². The lowest BCUT2D eigenvalue weighted by atomic mass is 10.1. The van der Waals surface area contributed by atoms with E-state index in [1.165, 1.54) is 27.8 Å². The highest BCUT2D eigenvalue weighted by Gasteiger charge is 2.38. The van der Waals surface area contributed by atoms with Gasteiger partial charge in [-0.15, -0.1) is 11.3 Å². The van der Waals surface area contributed by atoms with Crippen molar-refractivity contribution in [3.63, 3.8) is 0 Å². The number of nitrogens with one attached hydrogen (secondary N) is 1. The lowest BCUT2D eigenvalue weighted by molar-refractivity contribution is -0.128. The van der Waals surface area contributed by atoms with Gasteiger partial charge >= 0.3 is 0 Å². The molecule has 0 radical (unpaired) electrons. The third-order valence-corrected chi connectivity index (χ3v) is 5.55. The van der Waals surface area contributed by atoms with E-state index in [1.54, 1.807) is 0 Å². The van der Waals surface area contributed by atoms with Crippen LogP contribution in [0.1, 0.15) is 24.1 Å². The van der Waals surface area contributed by atoms with E-state index in [-0.39, 0.29) is 0 Å². The molecule has 2 aromatic rings. The van der Waals surface area contributed by atoms with E-state index in [1.807, 2.05) is 11.3 Å². The second-order valence-electron chi connectivity index (χ2n) is 6.23. The molecule has 3 nitrogen and oxygen atoms in total. The zero-order chi connectivity index (χ0) is 14.2. The van der Waals surface area contributed by atoms with Crippen molar-refractivity contribution >= 4 is 27.3 Å². The van der Waals surface area contributed by atoms with Gasteiger partial charge in [0, 0.05) is 41.7 Å². The first-order valence-corrected chi connectivity index (χ1v) is 8.59. The predicted molar refractivity (Wildman–Crippen MR) is 86.4 cm³/mol. The number of hydrogen-bond acceptors (Lipinski definition) is 3. The van der Waals surface area contributed by atoms with Crippen LogP contribution in [0.5, 0.6) is 0 Å². The summed E-state index contributed by atoms with van der Waals surface area (Å²) in [6.07, 6.45) is 3.16. The Kier molecular flexibility index (Phi) is 3.43. The fourth-order valence-corrected chi connectivity index (χ4v) is 4.24. The zero-order valence-electron chi connectivity index (χ0n) is 12.0. The standard InChI is InChI=1S/C17H20N2OS/c20-17-7-12(11-19(17)14-5-6-14)9-18-10-15-8-13-3-1-2-4-16(13)21-15/h1-4,8,12,14,18H,5-7,9-11H2. The van der Waals surface area contributed by atoms with Gasteiger partial charge in [0.1, 0.15) is 0 Å². The number of thiophene rings is 1. The van der Waals surface area contributed by atoms with Crippen LogP contribution in [-0.4, -0.2) is 29.9 Å². The average Bonchev–Trinajstić information content (AvgIpc) is 3.13. The Bertz CT molecular complexity index is 629. The molecule has 4 rings (SSSR count). The molecule has 1 aliphatic carbocycles. The Hall–Kier alpha value is -1.39. The number of rotatable bonds is 5. The Morgan fingerprint density at radius 1 is 1.29 bits per heavy atom. The Labute approximate surface area is 128 Å². The highest BCUT2D eigenvalue weighted by atomic mass is 32.1. The van der Waals surface area contributed by atoms with Crippen LogP contribution in [0.2, 0.25) is 0 Å². The van der Waals surface area contributed by atoms with E-state index in [0.29, 0.717) is 17.9 Å². The zero-order valence-corrected chi connectivity index (χ0v) is 12.9. The minimum atomic E-state index is 0.367. The van der Waals surface area contributed by atoms with Gasteiger partial charge in [0.15, 0.2) is 0 Å². The van der Waals surface area contributed by atoms with E-state index >= 15 is 0 Å². The Balaban J connectivity index is 1.30. The van der Waals surface area contributed by atoms with E-state index in [2.05, 4.69) is 40.5 Å². The van der Waals surface area contributed by atoms with Crippen molar-refractivity contribution in [3.8, 4) is 0 Å². The summed E-state index contributed by atoms with van der Waals surface area (Å²) in [5.41, 5.74) is 0. The molecule has 1 saturated carbocycles. The maximum absolute atomic E-state index is 11.9. The van der Waals surface area contributed by atoms with Crippen molar-refractivity contribution in [2.45, 2.75) is 31.8 Å². The molecule has 1 aromatic carbocycles. The molecule has 0 bridgehead atoms. The monoisotopic (exact) mass is 300 g/mol. The number of amides is 1. The van der Waals surface area contributed by atoms with Crippen molar-refractivity contribution in [1.82, 2.24) is 10.2 Å². The first-order valence-electron chi connectivity index (χ1n) is 7.77.